The van der Waals surface area contributed by atoms with Crippen LogP contribution in [0.5, 0.6) is 0 Å². The van der Waals surface area contributed by atoms with Gasteiger partial charge in [-0.05, 0) is 19.3 Å². The maximum absolute atomic E-state index is 11.8. The Balaban J connectivity index is 2.51. The van der Waals surface area contributed by atoms with Crippen LogP contribution in [0.15, 0.2) is 9.95 Å². The van der Waals surface area contributed by atoms with Crippen molar-refractivity contribution in [3.63, 3.8) is 0 Å². The lowest BCUT2D eigenvalue weighted by atomic mass is 10.1. The molecule has 2 N–H and O–H groups in total. The molecule has 1 amide bonds. The van der Waals surface area contributed by atoms with Crippen LogP contribution in [0.2, 0.25) is 0 Å². The van der Waals surface area contributed by atoms with Crippen LogP contribution in [0.25, 0.3) is 0 Å². The molecule has 1 rings (SSSR count). The summed E-state index contributed by atoms with van der Waals surface area (Å²) in [5.74, 6) is 0.572. The first kappa shape index (κ1) is 17.8. The molecule has 1 atom stereocenters. The molecule has 1 heterocycles. The zero-order chi connectivity index (χ0) is 15.8. The van der Waals surface area contributed by atoms with E-state index < -0.39 is 0 Å². The molecule has 0 saturated heterocycles. The number of carbonyl (C=O) groups is 1. The predicted molar refractivity (Wildman–Crippen MR) is 82.5 cm³/mol. The molecule has 0 aliphatic rings. The number of hydrogen-bond acceptors (Lipinski definition) is 5. The van der Waals surface area contributed by atoms with Gasteiger partial charge in [0.1, 0.15) is 0 Å². The Bertz CT molecular complexity index is 498. The quantitative estimate of drug-likeness (QED) is 0.521. The number of carbonyl (C=O) groups excluding carboxylic acids is 1. The number of H-pyrrole nitrogens is 1. The summed E-state index contributed by atoms with van der Waals surface area (Å²) < 4.78 is 6.50. The zero-order valence-corrected chi connectivity index (χ0v) is 13.8. The first-order valence-corrected chi connectivity index (χ1v) is 8.00. The van der Waals surface area contributed by atoms with Gasteiger partial charge in [-0.3, -0.25) is 9.36 Å². The topological polar surface area (TPSA) is 89.0 Å². The molecule has 0 radical (unpaired) electrons. The summed E-state index contributed by atoms with van der Waals surface area (Å²) in [4.78, 5) is 23.5. The second-order valence-corrected chi connectivity index (χ2v) is 6.14. The van der Waals surface area contributed by atoms with Crippen molar-refractivity contribution in [2.75, 3.05) is 19.5 Å². The lowest BCUT2D eigenvalue weighted by molar-refractivity contribution is -0.119. The molecule has 0 aromatic carbocycles. The molecular weight excluding hydrogens is 292 g/mol. The number of amides is 1. The van der Waals surface area contributed by atoms with Crippen molar-refractivity contribution in [2.24, 2.45) is 5.92 Å². The highest BCUT2D eigenvalue weighted by Gasteiger charge is 2.14. The second-order valence-electron chi connectivity index (χ2n) is 5.20. The number of thioether (sulfide) groups is 1. The summed E-state index contributed by atoms with van der Waals surface area (Å²) in [7, 11) is 1.62. The predicted octanol–water partition coefficient (Wildman–Crippen LogP) is 0.861. The summed E-state index contributed by atoms with van der Waals surface area (Å²) in [6, 6.07) is 0.126. The number of aromatic amines is 1. The van der Waals surface area contributed by atoms with Crippen molar-refractivity contribution in [3.8, 4) is 0 Å². The molecular formula is C13H24N4O3S. The molecule has 1 aromatic heterocycles. The van der Waals surface area contributed by atoms with Crippen LogP contribution >= 0.6 is 11.8 Å². The molecule has 8 heteroatoms. The molecule has 0 fully saturated rings. The van der Waals surface area contributed by atoms with Crippen molar-refractivity contribution in [2.45, 2.75) is 44.9 Å². The Morgan fingerprint density at radius 3 is 2.81 bits per heavy atom. The van der Waals surface area contributed by atoms with Crippen LogP contribution in [0.1, 0.15) is 27.2 Å². The first-order chi connectivity index (χ1) is 9.95. The van der Waals surface area contributed by atoms with E-state index in [2.05, 4.69) is 29.4 Å². The normalized spacial score (nSPS) is 12.6. The van der Waals surface area contributed by atoms with E-state index in [9.17, 15) is 9.59 Å². The summed E-state index contributed by atoms with van der Waals surface area (Å²) in [5.41, 5.74) is -0.260. The van der Waals surface area contributed by atoms with Gasteiger partial charge in [-0.15, -0.1) is 5.10 Å². The molecule has 0 aliphatic carbocycles. The van der Waals surface area contributed by atoms with Crippen molar-refractivity contribution in [1.82, 2.24) is 20.1 Å². The van der Waals surface area contributed by atoms with Crippen molar-refractivity contribution in [3.05, 3.63) is 10.5 Å². The third kappa shape index (κ3) is 5.92. The highest BCUT2D eigenvalue weighted by molar-refractivity contribution is 7.99. The van der Waals surface area contributed by atoms with E-state index in [1.54, 1.807) is 7.11 Å². The lowest BCUT2D eigenvalue weighted by Crippen LogP contribution is -2.37. The van der Waals surface area contributed by atoms with Crippen LogP contribution in [0, 0.1) is 5.92 Å². The molecule has 0 aliphatic heterocycles. The lowest BCUT2D eigenvalue weighted by Gasteiger charge is -2.17. The fraction of sp³-hybridized carbons (Fsp3) is 0.769. The van der Waals surface area contributed by atoms with E-state index in [-0.39, 0.29) is 23.4 Å². The molecule has 1 aromatic rings. The first-order valence-electron chi connectivity index (χ1n) is 7.02. The van der Waals surface area contributed by atoms with Gasteiger partial charge in [0.25, 0.3) is 0 Å². The third-order valence-corrected chi connectivity index (χ3v) is 4.15. The van der Waals surface area contributed by atoms with Crippen LogP contribution in [0.3, 0.4) is 0 Å². The Morgan fingerprint density at radius 1 is 1.48 bits per heavy atom. The van der Waals surface area contributed by atoms with E-state index in [0.29, 0.717) is 24.2 Å². The molecule has 1 unspecified atom stereocenters. The summed E-state index contributed by atoms with van der Waals surface area (Å²) in [6.45, 7) is 7.19. The number of rotatable bonds is 9. The highest BCUT2D eigenvalue weighted by atomic mass is 32.2. The minimum absolute atomic E-state index is 0.0555. The van der Waals surface area contributed by atoms with Gasteiger partial charge in [-0.1, -0.05) is 25.6 Å². The van der Waals surface area contributed by atoms with Gasteiger partial charge in [0, 0.05) is 26.3 Å². The Kier molecular flexibility index (Phi) is 7.52. The minimum Gasteiger partial charge on any atom is -0.385 e. The fourth-order valence-electron chi connectivity index (χ4n) is 1.57. The number of ether oxygens (including phenoxy) is 1. The number of nitrogens with zero attached hydrogens (tertiary/aromatic N) is 2. The monoisotopic (exact) mass is 316 g/mol. The van der Waals surface area contributed by atoms with E-state index in [1.165, 1.54) is 16.3 Å². The number of methoxy groups -OCH3 is 1. The van der Waals surface area contributed by atoms with E-state index in [4.69, 9.17) is 4.74 Å². The fourth-order valence-corrected chi connectivity index (χ4v) is 2.35. The Labute approximate surface area is 128 Å². The maximum Gasteiger partial charge on any atom is 0.343 e. The van der Waals surface area contributed by atoms with E-state index in [0.717, 1.165) is 6.42 Å². The third-order valence-electron chi connectivity index (χ3n) is 3.17. The van der Waals surface area contributed by atoms with Crippen LogP contribution in [-0.4, -0.2) is 46.2 Å². The second kappa shape index (κ2) is 8.89. The number of nitrogens with one attached hydrogen (secondary N) is 2. The van der Waals surface area contributed by atoms with Crippen LogP contribution in [0.4, 0.5) is 0 Å². The van der Waals surface area contributed by atoms with Gasteiger partial charge in [-0.25, -0.2) is 9.89 Å². The van der Waals surface area contributed by atoms with Gasteiger partial charge in [-0.2, -0.15) is 0 Å². The highest BCUT2D eigenvalue weighted by Crippen LogP contribution is 2.13. The van der Waals surface area contributed by atoms with E-state index in [1.807, 2.05) is 6.92 Å². The zero-order valence-electron chi connectivity index (χ0n) is 13.0. The molecule has 0 bridgehead atoms. The SMILES string of the molecule is COCCCn1c(SCC(=O)NC(C)C(C)C)n[nH]c1=O. The van der Waals surface area contributed by atoms with Gasteiger partial charge in [0.05, 0.1) is 5.75 Å². The summed E-state index contributed by atoms with van der Waals surface area (Å²) in [6.07, 6.45) is 0.722. The molecule has 0 saturated carbocycles. The summed E-state index contributed by atoms with van der Waals surface area (Å²) >= 11 is 1.26. The number of aromatic nitrogens is 3. The smallest absolute Gasteiger partial charge is 0.343 e. The van der Waals surface area contributed by atoms with Crippen molar-refractivity contribution < 1.29 is 9.53 Å². The molecule has 21 heavy (non-hydrogen) atoms. The average Bonchev–Trinajstić information content (AvgIpc) is 2.78. The van der Waals surface area contributed by atoms with Gasteiger partial charge in [0.15, 0.2) is 5.16 Å². The van der Waals surface area contributed by atoms with Gasteiger partial charge >= 0.3 is 5.69 Å². The minimum atomic E-state index is -0.260. The Hall–Kier alpha value is -1.28. The van der Waals surface area contributed by atoms with Crippen LogP contribution in [-0.2, 0) is 16.1 Å². The van der Waals surface area contributed by atoms with Crippen LogP contribution < -0.4 is 11.0 Å². The molecule has 120 valence electrons. The summed E-state index contributed by atoms with van der Waals surface area (Å²) in [5, 5.41) is 9.81. The maximum atomic E-state index is 11.8. The van der Waals surface area contributed by atoms with E-state index >= 15 is 0 Å². The average molecular weight is 316 g/mol. The molecule has 7 nitrogen and oxygen atoms in total. The number of hydrogen-bond donors (Lipinski definition) is 2. The van der Waals surface area contributed by atoms with Gasteiger partial charge < -0.3 is 10.1 Å². The van der Waals surface area contributed by atoms with Crippen molar-refractivity contribution in [1.29, 1.82) is 0 Å². The standard InChI is InChI=1S/C13H24N4O3S/c1-9(2)10(3)14-11(18)8-21-13-16-15-12(19)17(13)6-5-7-20-4/h9-10H,5-8H2,1-4H3,(H,14,18)(H,15,19). The Morgan fingerprint density at radius 2 is 2.19 bits per heavy atom. The molecule has 0 spiro atoms. The van der Waals surface area contributed by atoms with Crippen molar-refractivity contribution >= 4 is 17.7 Å². The largest absolute Gasteiger partial charge is 0.385 e. The van der Waals surface area contributed by atoms with Gasteiger partial charge in [0.2, 0.25) is 5.91 Å².